The molecule has 2 rings (SSSR count). The summed E-state index contributed by atoms with van der Waals surface area (Å²) in [6, 6.07) is 5.28. The molecule has 2 aromatic rings. The molecule has 1 N–H and O–H groups in total. The van der Waals surface area contributed by atoms with Crippen LogP contribution in [0.1, 0.15) is 27.4 Å². The summed E-state index contributed by atoms with van der Waals surface area (Å²) in [5, 5.41) is 3.87. The quantitative estimate of drug-likeness (QED) is 0.662. The van der Waals surface area contributed by atoms with Gasteiger partial charge in [-0.15, -0.1) is 0 Å². The number of amides is 1. The van der Waals surface area contributed by atoms with E-state index in [1.807, 2.05) is 0 Å². The van der Waals surface area contributed by atoms with Gasteiger partial charge in [0.05, 0.1) is 11.8 Å². The summed E-state index contributed by atoms with van der Waals surface area (Å²) in [6.45, 7) is 3.54. The van der Waals surface area contributed by atoms with Gasteiger partial charge in [-0.05, 0) is 37.6 Å². The number of aromatic nitrogens is 1. The molecule has 0 atom stereocenters. The first-order chi connectivity index (χ1) is 8.66. The van der Waals surface area contributed by atoms with Gasteiger partial charge in [0.25, 0.3) is 5.91 Å². The van der Waals surface area contributed by atoms with Crippen LogP contribution in [-0.4, -0.2) is 17.1 Å². The van der Waals surface area contributed by atoms with Crippen molar-refractivity contribution in [3.05, 3.63) is 53.2 Å². The molecule has 0 fully saturated rings. The van der Waals surface area contributed by atoms with E-state index in [-0.39, 0.29) is 5.91 Å². The highest BCUT2D eigenvalue weighted by Gasteiger charge is 2.12. The SMILES string of the molecule is Cc1cc(C(=O)N/N=C/c2ccncc2)c(C)o1. The van der Waals surface area contributed by atoms with Crippen molar-refractivity contribution in [2.75, 3.05) is 0 Å². The number of nitrogens with zero attached hydrogens (tertiary/aromatic N) is 2. The van der Waals surface area contributed by atoms with Gasteiger partial charge in [0.15, 0.2) is 0 Å². The molecule has 0 saturated heterocycles. The summed E-state index contributed by atoms with van der Waals surface area (Å²) in [5.74, 6) is 1.01. The number of carbonyl (C=O) groups is 1. The molecule has 0 aliphatic heterocycles. The van der Waals surface area contributed by atoms with Crippen LogP contribution in [0.25, 0.3) is 0 Å². The zero-order valence-electron chi connectivity index (χ0n) is 10.2. The monoisotopic (exact) mass is 243 g/mol. The molecule has 2 aromatic heterocycles. The first kappa shape index (κ1) is 12.0. The van der Waals surface area contributed by atoms with Crippen molar-refractivity contribution in [3.8, 4) is 0 Å². The van der Waals surface area contributed by atoms with Crippen molar-refractivity contribution in [2.45, 2.75) is 13.8 Å². The minimum absolute atomic E-state index is 0.283. The summed E-state index contributed by atoms with van der Waals surface area (Å²) in [6.07, 6.45) is 4.88. The Labute approximate surface area is 105 Å². The Kier molecular flexibility index (Phi) is 3.52. The number of carbonyl (C=O) groups excluding carboxylic acids is 1. The number of hydrogen-bond donors (Lipinski definition) is 1. The van der Waals surface area contributed by atoms with E-state index >= 15 is 0 Å². The Balaban J connectivity index is 2.01. The third kappa shape index (κ3) is 2.82. The lowest BCUT2D eigenvalue weighted by molar-refractivity contribution is 0.0953. The summed E-state index contributed by atoms with van der Waals surface area (Å²) in [4.78, 5) is 15.7. The molecule has 5 nitrogen and oxygen atoms in total. The molecule has 0 spiro atoms. The van der Waals surface area contributed by atoms with E-state index in [9.17, 15) is 4.79 Å². The van der Waals surface area contributed by atoms with E-state index in [4.69, 9.17) is 4.42 Å². The van der Waals surface area contributed by atoms with Crippen LogP contribution in [0, 0.1) is 13.8 Å². The molecule has 5 heteroatoms. The van der Waals surface area contributed by atoms with Gasteiger partial charge in [0, 0.05) is 12.4 Å². The second-order valence-electron chi connectivity index (χ2n) is 3.81. The standard InChI is InChI=1S/C13H13N3O2/c1-9-7-12(10(2)18-9)13(17)16-15-8-11-3-5-14-6-4-11/h3-8H,1-2H3,(H,16,17)/b15-8+. The van der Waals surface area contributed by atoms with Crippen molar-refractivity contribution in [2.24, 2.45) is 5.10 Å². The molecule has 18 heavy (non-hydrogen) atoms. The second kappa shape index (κ2) is 5.27. The van der Waals surface area contributed by atoms with E-state index < -0.39 is 0 Å². The Morgan fingerprint density at radius 3 is 2.72 bits per heavy atom. The van der Waals surface area contributed by atoms with E-state index in [1.54, 1.807) is 50.7 Å². The molecule has 0 bridgehead atoms. The van der Waals surface area contributed by atoms with Crippen molar-refractivity contribution in [1.29, 1.82) is 0 Å². The Hall–Kier alpha value is -2.43. The maximum Gasteiger partial charge on any atom is 0.274 e. The highest BCUT2D eigenvalue weighted by molar-refractivity contribution is 5.95. The highest BCUT2D eigenvalue weighted by atomic mass is 16.3. The smallest absolute Gasteiger partial charge is 0.274 e. The molecule has 0 saturated carbocycles. The largest absolute Gasteiger partial charge is 0.466 e. The first-order valence-electron chi connectivity index (χ1n) is 5.47. The molecule has 0 aromatic carbocycles. The van der Waals surface area contributed by atoms with Crippen molar-refractivity contribution in [3.63, 3.8) is 0 Å². The number of pyridine rings is 1. The number of furan rings is 1. The molecular weight excluding hydrogens is 230 g/mol. The molecule has 0 unspecified atom stereocenters. The van der Waals surface area contributed by atoms with Gasteiger partial charge in [-0.3, -0.25) is 9.78 Å². The van der Waals surface area contributed by atoms with Gasteiger partial charge in [-0.25, -0.2) is 5.43 Å². The number of hydrogen-bond acceptors (Lipinski definition) is 4. The summed E-state index contributed by atoms with van der Waals surface area (Å²) >= 11 is 0. The van der Waals surface area contributed by atoms with Crippen LogP contribution in [0.2, 0.25) is 0 Å². The highest BCUT2D eigenvalue weighted by Crippen LogP contribution is 2.13. The van der Waals surface area contributed by atoms with E-state index in [2.05, 4.69) is 15.5 Å². The van der Waals surface area contributed by atoms with Crippen molar-refractivity contribution in [1.82, 2.24) is 10.4 Å². The zero-order valence-corrected chi connectivity index (χ0v) is 10.2. The minimum Gasteiger partial charge on any atom is -0.466 e. The van der Waals surface area contributed by atoms with E-state index in [0.717, 1.165) is 5.56 Å². The fourth-order valence-corrected chi connectivity index (χ4v) is 1.53. The first-order valence-corrected chi connectivity index (χ1v) is 5.47. The molecular formula is C13H13N3O2. The van der Waals surface area contributed by atoms with Gasteiger partial charge in [-0.2, -0.15) is 5.10 Å². The average molecular weight is 243 g/mol. The molecule has 0 aliphatic carbocycles. The van der Waals surface area contributed by atoms with Crippen molar-refractivity contribution >= 4 is 12.1 Å². The Bertz CT molecular complexity index is 573. The Morgan fingerprint density at radius 2 is 2.11 bits per heavy atom. The average Bonchev–Trinajstić information content (AvgIpc) is 2.70. The van der Waals surface area contributed by atoms with Gasteiger partial charge in [-0.1, -0.05) is 0 Å². The van der Waals surface area contributed by atoms with E-state index in [1.165, 1.54) is 0 Å². The minimum atomic E-state index is -0.283. The van der Waals surface area contributed by atoms with Crippen LogP contribution in [-0.2, 0) is 0 Å². The van der Waals surface area contributed by atoms with Crippen molar-refractivity contribution < 1.29 is 9.21 Å². The molecule has 92 valence electrons. The molecule has 1 amide bonds. The van der Waals surface area contributed by atoms with Crippen LogP contribution in [0.15, 0.2) is 40.1 Å². The number of rotatable bonds is 3. The van der Waals surface area contributed by atoms with Crippen LogP contribution >= 0.6 is 0 Å². The lowest BCUT2D eigenvalue weighted by Crippen LogP contribution is -2.17. The predicted octanol–water partition coefficient (Wildman–Crippen LogP) is 2.06. The second-order valence-corrected chi connectivity index (χ2v) is 3.81. The third-order valence-electron chi connectivity index (χ3n) is 2.37. The van der Waals surface area contributed by atoms with Gasteiger partial charge in [0.1, 0.15) is 11.5 Å². The molecule has 0 aliphatic rings. The van der Waals surface area contributed by atoms with Crippen LogP contribution in [0.4, 0.5) is 0 Å². The summed E-state index contributed by atoms with van der Waals surface area (Å²) in [5.41, 5.74) is 3.82. The normalized spacial score (nSPS) is 10.8. The third-order valence-corrected chi connectivity index (χ3v) is 2.37. The lowest BCUT2D eigenvalue weighted by Gasteiger charge is -1.97. The number of hydrazone groups is 1. The number of aryl methyl sites for hydroxylation is 2. The zero-order chi connectivity index (χ0) is 13.0. The van der Waals surface area contributed by atoms with Crippen LogP contribution in [0.5, 0.6) is 0 Å². The van der Waals surface area contributed by atoms with Gasteiger partial charge >= 0.3 is 0 Å². The summed E-state index contributed by atoms with van der Waals surface area (Å²) < 4.78 is 5.28. The van der Waals surface area contributed by atoms with E-state index in [0.29, 0.717) is 17.1 Å². The van der Waals surface area contributed by atoms with Crippen LogP contribution < -0.4 is 5.43 Å². The maximum atomic E-state index is 11.8. The van der Waals surface area contributed by atoms with Gasteiger partial charge in [0.2, 0.25) is 0 Å². The lowest BCUT2D eigenvalue weighted by atomic mass is 10.2. The summed E-state index contributed by atoms with van der Waals surface area (Å²) in [7, 11) is 0. The molecule has 0 radical (unpaired) electrons. The van der Waals surface area contributed by atoms with Gasteiger partial charge < -0.3 is 4.42 Å². The fourth-order valence-electron chi connectivity index (χ4n) is 1.53. The number of nitrogens with one attached hydrogen (secondary N) is 1. The Morgan fingerprint density at radius 1 is 1.39 bits per heavy atom. The fraction of sp³-hybridized carbons (Fsp3) is 0.154. The topological polar surface area (TPSA) is 67.5 Å². The predicted molar refractivity (Wildman–Crippen MR) is 67.5 cm³/mol. The maximum absolute atomic E-state index is 11.8. The molecule has 2 heterocycles. The van der Waals surface area contributed by atoms with Crippen LogP contribution in [0.3, 0.4) is 0 Å².